The molecule has 0 aliphatic heterocycles. The molecule has 9 nitrogen and oxygen atoms in total. The lowest BCUT2D eigenvalue weighted by Gasteiger charge is -2.33. The molecular weight excluding hydrogens is 368 g/mol. The molecule has 0 aromatic carbocycles. The summed E-state index contributed by atoms with van der Waals surface area (Å²) in [6.45, 7) is 0. The SMILES string of the molecule is N#Cc1cnc(Nc2cc(NC3CC(N)C3)c(C#CC3(O)CCCC3)nn2)cn1. The van der Waals surface area contributed by atoms with E-state index in [1.807, 2.05) is 6.07 Å². The summed E-state index contributed by atoms with van der Waals surface area (Å²) in [5, 5.41) is 34.2. The maximum Gasteiger partial charge on any atom is 0.159 e. The Labute approximate surface area is 168 Å². The smallest absolute Gasteiger partial charge is 0.159 e. The maximum absolute atomic E-state index is 10.5. The summed E-state index contributed by atoms with van der Waals surface area (Å²) in [5.41, 5.74) is 6.41. The molecule has 0 unspecified atom stereocenters. The summed E-state index contributed by atoms with van der Waals surface area (Å²) in [4.78, 5) is 8.11. The van der Waals surface area contributed by atoms with Gasteiger partial charge in [-0.2, -0.15) is 5.26 Å². The molecule has 2 aromatic rings. The van der Waals surface area contributed by atoms with Crippen LogP contribution in [-0.4, -0.2) is 43.0 Å². The minimum Gasteiger partial charge on any atom is -0.380 e. The van der Waals surface area contributed by atoms with Gasteiger partial charge in [-0.3, -0.25) is 0 Å². The molecule has 2 saturated carbocycles. The monoisotopic (exact) mass is 390 g/mol. The van der Waals surface area contributed by atoms with Crippen LogP contribution in [-0.2, 0) is 0 Å². The third-order valence-electron chi connectivity index (χ3n) is 5.19. The van der Waals surface area contributed by atoms with Gasteiger partial charge >= 0.3 is 0 Å². The van der Waals surface area contributed by atoms with Gasteiger partial charge < -0.3 is 21.5 Å². The first kappa shape index (κ1) is 19.1. The quantitative estimate of drug-likeness (QED) is 0.569. The summed E-state index contributed by atoms with van der Waals surface area (Å²) in [7, 11) is 0. The van der Waals surface area contributed by atoms with Crippen molar-refractivity contribution in [1.82, 2.24) is 20.2 Å². The van der Waals surface area contributed by atoms with Gasteiger partial charge in [0.2, 0.25) is 0 Å². The number of hydrogen-bond donors (Lipinski definition) is 4. The van der Waals surface area contributed by atoms with E-state index in [2.05, 4.69) is 42.6 Å². The van der Waals surface area contributed by atoms with Gasteiger partial charge in [0.05, 0.1) is 18.1 Å². The van der Waals surface area contributed by atoms with Gasteiger partial charge in [0.1, 0.15) is 17.5 Å². The highest BCUT2D eigenvalue weighted by atomic mass is 16.3. The van der Waals surface area contributed by atoms with Crippen molar-refractivity contribution in [3.8, 4) is 17.9 Å². The normalized spacial score (nSPS) is 22.0. The number of nitrogens with two attached hydrogens (primary N) is 1. The molecule has 0 spiro atoms. The maximum atomic E-state index is 10.5. The van der Waals surface area contributed by atoms with E-state index in [0.29, 0.717) is 30.2 Å². The largest absolute Gasteiger partial charge is 0.380 e. The molecule has 9 heteroatoms. The summed E-state index contributed by atoms with van der Waals surface area (Å²) in [5.74, 6) is 6.91. The lowest BCUT2D eigenvalue weighted by Crippen LogP contribution is -2.44. The van der Waals surface area contributed by atoms with Gasteiger partial charge in [0.15, 0.2) is 17.2 Å². The third kappa shape index (κ3) is 4.60. The first-order valence-electron chi connectivity index (χ1n) is 9.67. The molecule has 2 aromatic heterocycles. The van der Waals surface area contributed by atoms with Crippen molar-refractivity contribution in [1.29, 1.82) is 5.26 Å². The number of aromatic nitrogens is 4. The first-order valence-corrected chi connectivity index (χ1v) is 9.67. The van der Waals surface area contributed by atoms with E-state index in [4.69, 9.17) is 11.0 Å². The third-order valence-corrected chi connectivity index (χ3v) is 5.19. The van der Waals surface area contributed by atoms with Crippen molar-refractivity contribution in [2.24, 2.45) is 5.73 Å². The van der Waals surface area contributed by atoms with E-state index in [1.54, 1.807) is 6.07 Å². The van der Waals surface area contributed by atoms with Crippen LogP contribution >= 0.6 is 0 Å². The minimum absolute atomic E-state index is 0.211. The summed E-state index contributed by atoms with van der Waals surface area (Å²) >= 11 is 0. The fourth-order valence-corrected chi connectivity index (χ4v) is 3.50. The van der Waals surface area contributed by atoms with Crippen LogP contribution in [0.5, 0.6) is 0 Å². The van der Waals surface area contributed by atoms with Crippen LogP contribution in [0, 0.1) is 23.2 Å². The minimum atomic E-state index is -0.938. The van der Waals surface area contributed by atoms with Gasteiger partial charge in [0, 0.05) is 18.2 Å². The highest BCUT2D eigenvalue weighted by Gasteiger charge is 2.29. The Morgan fingerprint density at radius 3 is 2.59 bits per heavy atom. The number of nitriles is 1. The van der Waals surface area contributed by atoms with E-state index in [1.165, 1.54) is 12.4 Å². The molecule has 0 radical (unpaired) electrons. The van der Waals surface area contributed by atoms with Gasteiger partial charge in [-0.25, -0.2) is 9.97 Å². The molecule has 0 bridgehead atoms. The zero-order chi connectivity index (χ0) is 20.3. The number of rotatable bonds is 4. The van der Waals surface area contributed by atoms with Crippen molar-refractivity contribution < 1.29 is 5.11 Å². The van der Waals surface area contributed by atoms with Crippen LogP contribution < -0.4 is 16.4 Å². The molecular formula is C20H22N8O. The molecule has 0 amide bonds. The number of nitrogens with one attached hydrogen (secondary N) is 2. The average Bonchev–Trinajstić information content (AvgIpc) is 3.13. The Balaban J connectivity index is 1.57. The Bertz CT molecular complexity index is 976. The van der Waals surface area contributed by atoms with Crippen molar-refractivity contribution in [2.75, 3.05) is 10.6 Å². The van der Waals surface area contributed by atoms with Crippen LogP contribution in [0.2, 0.25) is 0 Å². The van der Waals surface area contributed by atoms with Crippen LogP contribution in [0.25, 0.3) is 0 Å². The predicted octanol–water partition coefficient (Wildman–Crippen LogP) is 1.44. The number of nitrogens with zero attached hydrogens (tertiary/aromatic N) is 5. The van der Waals surface area contributed by atoms with Crippen LogP contribution in [0.4, 0.5) is 17.3 Å². The second kappa shape index (κ2) is 8.00. The molecule has 2 heterocycles. The number of anilines is 3. The van der Waals surface area contributed by atoms with E-state index in [-0.39, 0.29) is 17.8 Å². The fraction of sp³-hybridized carbons (Fsp3) is 0.450. The van der Waals surface area contributed by atoms with E-state index in [9.17, 15) is 5.11 Å². The van der Waals surface area contributed by atoms with Crippen LogP contribution in [0.1, 0.15) is 49.9 Å². The Morgan fingerprint density at radius 2 is 1.93 bits per heavy atom. The zero-order valence-electron chi connectivity index (χ0n) is 15.9. The Hall–Kier alpha value is -3.27. The second-order valence-corrected chi connectivity index (χ2v) is 7.58. The predicted molar refractivity (Wildman–Crippen MR) is 107 cm³/mol. The molecule has 0 saturated heterocycles. The van der Waals surface area contributed by atoms with E-state index in [0.717, 1.165) is 31.4 Å². The summed E-state index contributed by atoms with van der Waals surface area (Å²) in [6.07, 6.45) is 7.93. The van der Waals surface area contributed by atoms with Crippen molar-refractivity contribution in [3.63, 3.8) is 0 Å². The average molecular weight is 390 g/mol. The molecule has 5 N–H and O–H groups in total. The second-order valence-electron chi connectivity index (χ2n) is 7.58. The lowest BCUT2D eigenvalue weighted by atomic mass is 9.87. The standard InChI is InChI=1S/C20H22N8O/c21-10-15-11-24-19(12-23-15)26-18-9-17(25-14-7-13(22)8-14)16(27-28-18)3-6-20(29)4-1-2-5-20/h9,11-14,29H,1-2,4-5,7-8,22H2,(H2,24,25,26,28). The highest BCUT2D eigenvalue weighted by molar-refractivity contribution is 5.63. The van der Waals surface area contributed by atoms with Gasteiger partial charge in [-0.1, -0.05) is 5.92 Å². The van der Waals surface area contributed by atoms with E-state index < -0.39 is 5.60 Å². The van der Waals surface area contributed by atoms with Crippen LogP contribution in [0.15, 0.2) is 18.5 Å². The molecule has 4 rings (SSSR count). The topological polar surface area (TPSA) is 146 Å². The lowest BCUT2D eigenvalue weighted by molar-refractivity contribution is 0.110. The first-order chi connectivity index (χ1) is 14.0. The molecule has 2 fully saturated rings. The van der Waals surface area contributed by atoms with E-state index >= 15 is 0 Å². The zero-order valence-corrected chi connectivity index (χ0v) is 15.9. The summed E-state index contributed by atoms with van der Waals surface area (Å²) < 4.78 is 0. The highest BCUT2D eigenvalue weighted by Crippen LogP contribution is 2.29. The summed E-state index contributed by atoms with van der Waals surface area (Å²) in [6, 6.07) is 4.20. The van der Waals surface area contributed by atoms with Gasteiger partial charge in [-0.05, 0) is 44.4 Å². The van der Waals surface area contributed by atoms with Gasteiger partial charge in [0.25, 0.3) is 0 Å². The van der Waals surface area contributed by atoms with Crippen molar-refractivity contribution in [3.05, 3.63) is 29.8 Å². The fourth-order valence-electron chi connectivity index (χ4n) is 3.50. The Kier molecular flexibility index (Phi) is 5.26. The molecule has 0 atom stereocenters. The molecule has 2 aliphatic rings. The molecule has 2 aliphatic carbocycles. The molecule has 148 valence electrons. The molecule has 29 heavy (non-hydrogen) atoms. The van der Waals surface area contributed by atoms with Gasteiger partial charge in [-0.15, -0.1) is 10.2 Å². The van der Waals surface area contributed by atoms with Crippen molar-refractivity contribution >= 4 is 17.3 Å². The number of aliphatic hydroxyl groups is 1. The number of hydrogen-bond acceptors (Lipinski definition) is 9. The Morgan fingerprint density at radius 1 is 1.14 bits per heavy atom. The van der Waals surface area contributed by atoms with Crippen molar-refractivity contribution in [2.45, 2.75) is 56.2 Å². The van der Waals surface area contributed by atoms with Crippen LogP contribution in [0.3, 0.4) is 0 Å².